The maximum atomic E-state index is 13.6. The molecule has 0 aliphatic rings. The van der Waals surface area contributed by atoms with Gasteiger partial charge in [-0.25, -0.2) is 4.39 Å². The molecule has 0 atom stereocenters. The summed E-state index contributed by atoms with van der Waals surface area (Å²) in [4.78, 5) is 0. The van der Waals surface area contributed by atoms with Gasteiger partial charge in [0.1, 0.15) is 5.82 Å². The molecule has 3 rings (SSSR count). The first-order valence-corrected chi connectivity index (χ1v) is 7.48. The molecule has 0 aliphatic carbocycles. The second-order valence-electron chi connectivity index (χ2n) is 4.63. The van der Waals surface area contributed by atoms with Crippen LogP contribution in [-0.4, -0.2) is 10.2 Å². The van der Waals surface area contributed by atoms with Crippen molar-refractivity contribution in [1.29, 1.82) is 0 Å². The predicted molar refractivity (Wildman–Crippen MR) is 80.4 cm³/mol. The van der Waals surface area contributed by atoms with E-state index in [2.05, 4.69) is 41.4 Å². The van der Waals surface area contributed by atoms with Crippen LogP contribution in [-0.2, 0) is 5.75 Å². The zero-order valence-corrected chi connectivity index (χ0v) is 12.2. The van der Waals surface area contributed by atoms with Gasteiger partial charge >= 0.3 is 0 Å². The third kappa shape index (κ3) is 3.31. The Balaban J connectivity index is 1.71. The normalized spacial score (nSPS) is 10.8. The van der Waals surface area contributed by atoms with E-state index < -0.39 is 0 Å². The smallest absolute Gasteiger partial charge is 0.277 e. The van der Waals surface area contributed by atoms with E-state index in [1.54, 1.807) is 18.2 Å². The highest BCUT2D eigenvalue weighted by molar-refractivity contribution is 7.98. The molecular weight excluding hydrogens is 287 g/mol. The van der Waals surface area contributed by atoms with E-state index in [0.29, 0.717) is 10.8 Å². The van der Waals surface area contributed by atoms with Gasteiger partial charge in [-0.05, 0) is 24.6 Å². The van der Waals surface area contributed by atoms with Crippen molar-refractivity contribution >= 4 is 11.8 Å². The summed E-state index contributed by atoms with van der Waals surface area (Å²) in [7, 11) is 0. The summed E-state index contributed by atoms with van der Waals surface area (Å²) in [6.45, 7) is 2.05. The molecule has 0 bridgehead atoms. The van der Waals surface area contributed by atoms with Gasteiger partial charge in [0.05, 0.1) is 5.56 Å². The van der Waals surface area contributed by atoms with Crippen LogP contribution in [0.3, 0.4) is 0 Å². The summed E-state index contributed by atoms with van der Waals surface area (Å²) in [6.07, 6.45) is 0. The Morgan fingerprint density at radius 3 is 2.57 bits per heavy atom. The summed E-state index contributed by atoms with van der Waals surface area (Å²) in [6, 6.07) is 14.6. The number of hydrogen-bond acceptors (Lipinski definition) is 4. The average Bonchev–Trinajstić information content (AvgIpc) is 2.96. The lowest BCUT2D eigenvalue weighted by Crippen LogP contribution is -1.82. The topological polar surface area (TPSA) is 38.9 Å². The number of aromatic nitrogens is 2. The van der Waals surface area contributed by atoms with Crippen molar-refractivity contribution in [3.05, 3.63) is 65.5 Å². The molecule has 1 aromatic heterocycles. The number of benzene rings is 2. The van der Waals surface area contributed by atoms with Crippen molar-refractivity contribution in [1.82, 2.24) is 10.2 Å². The van der Waals surface area contributed by atoms with Crippen LogP contribution in [0.4, 0.5) is 4.39 Å². The molecule has 0 unspecified atom stereocenters. The summed E-state index contributed by atoms with van der Waals surface area (Å²) >= 11 is 1.44. The first-order chi connectivity index (χ1) is 10.2. The summed E-state index contributed by atoms with van der Waals surface area (Å²) < 4.78 is 19.1. The number of nitrogens with zero attached hydrogens (tertiary/aromatic N) is 2. The van der Waals surface area contributed by atoms with Crippen molar-refractivity contribution in [2.24, 2.45) is 0 Å². The van der Waals surface area contributed by atoms with Gasteiger partial charge in [-0.15, -0.1) is 10.2 Å². The number of hydrogen-bond donors (Lipinski definition) is 0. The van der Waals surface area contributed by atoms with Gasteiger partial charge in [-0.1, -0.05) is 53.7 Å². The van der Waals surface area contributed by atoms with E-state index in [1.807, 2.05) is 0 Å². The Morgan fingerprint density at radius 1 is 1.05 bits per heavy atom. The molecule has 106 valence electrons. The molecular formula is C16H13FN2OS. The number of aryl methyl sites for hydroxylation is 1. The largest absolute Gasteiger partial charge is 0.411 e. The standard InChI is InChI=1S/C16H13FN2OS/c1-11-6-8-12(9-7-11)10-21-16-19-18-15(20-16)13-4-2-3-5-14(13)17/h2-9H,10H2,1H3. The Hall–Kier alpha value is -2.14. The van der Waals surface area contributed by atoms with Crippen molar-refractivity contribution in [2.75, 3.05) is 0 Å². The van der Waals surface area contributed by atoms with Crippen LogP contribution in [0.1, 0.15) is 11.1 Å². The molecule has 0 aliphatic heterocycles. The molecule has 0 amide bonds. The summed E-state index contributed by atoms with van der Waals surface area (Å²) in [5, 5.41) is 8.28. The monoisotopic (exact) mass is 300 g/mol. The lowest BCUT2D eigenvalue weighted by Gasteiger charge is -1.99. The van der Waals surface area contributed by atoms with Crippen molar-refractivity contribution < 1.29 is 8.81 Å². The Morgan fingerprint density at radius 2 is 1.81 bits per heavy atom. The van der Waals surface area contributed by atoms with E-state index in [-0.39, 0.29) is 11.7 Å². The predicted octanol–water partition coefficient (Wildman–Crippen LogP) is 4.48. The molecule has 3 aromatic rings. The molecule has 1 heterocycles. The zero-order valence-electron chi connectivity index (χ0n) is 11.4. The second kappa shape index (κ2) is 6.10. The maximum absolute atomic E-state index is 13.6. The molecule has 3 nitrogen and oxygen atoms in total. The number of halogens is 1. The van der Waals surface area contributed by atoms with Gasteiger partial charge in [0.25, 0.3) is 11.1 Å². The molecule has 0 N–H and O–H groups in total. The van der Waals surface area contributed by atoms with Gasteiger partial charge in [0, 0.05) is 5.75 Å². The van der Waals surface area contributed by atoms with Crippen LogP contribution >= 0.6 is 11.8 Å². The molecule has 0 saturated carbocycles. The van der Waals surface area contributed by atoms with Gasteiger partial charge in [0.15, 0.2) is 0 Å². The quantitative estimate of drug-likeness (QED) is 0.666. The van der Waals surface area contributed by atoms with Gasteiger partial charge in [0.2, 0.25) is 0 Å². The lowest BCUT2D eigenvalue weighted by molar-refractivity contribution is 0.463. The molecule has 0 spiro atoms. The lowest BCUT2D eigenvalue weighted by atomic mass is 10.2. The van der Waals surface area contributed by atoms with E-state index in [4.69, 9.17) is 4.42 Å². The van der Waals surface area contributed by atoms with E-state index in [9.17, 15) is 4.39 Å². The highest BCUT2D eigenvalue weighted by atomic mass is 32.2. The average molecular weight is 300 g/mol. The Labute approximate surface area is 126 Å². The molecule has 0 radical (unpaired) electrons. The van der Waals surface area contributed by atoms with E-state index in [1.165, 1.54) is 29.0 Å². The summed E-state index contributed by atoms with van der Waals surface area (Å²) in [5.41, 5.74) is 2.73. The SMILES string of the molecule is Cc1ccc(CSc2nnc(-c3ccccc3F)o2)cc1. The van der Waals surface area contributed by atoms with Gasteiger partial charge in [-0.2, -0.15) is 0 Å². The van der Waals surface area contributed by atoms with E-state index >= 15 is 0 Å². The van der Waals surface area contributed by atoms with Crippen LogP contribution in [0.5, 0.6) is 0 Å². The molecule has 0 fully saturated rings. The van der Waals surface area contributed by atoms with Gasteiger partial charge in [-0.3, -0.25) is 0 Å². The van der Waals surface area contributed by atoms with Crippen LogP contribution in [0, 0.1) is 12.7 Å². The second-order valence-corrected chi connectivity index (χ2v) is 5.55. The maximum Gasteiger partial charge on any atom is 0.277 e. The third-order valence-corrected chi connectivity index (χ3v) is 3.88. The van der Waals surface area contributed by atoms with Crippen LogP contribution in [0.25, 0.3) is 11.5 Å². The highest BCUT2D eigenvalue weighted by Gasteiger charge is 2.12. The molecule has 5 heteroatoms. The molecule has 21 heavy (non-hydrogen) atoms. The minimum Gasteiger partial charge on any atom is -0.411 e. The van der Waals surface area contributed by atoms with Crippen LogP contribution in [0.2, 0.25) is 0 Å². The number of rotatable bonds is 4. The minimum atomic E-state index is -0.365. The van der Waals surface area contributed by atoms with Crippen LogP contribution in [0.15, 0.2) is 58.2 Å². The third-order valence-electron chi connectivity index (χ3n) is 2.99. The fraction of sp³-hybridized carbons (Fsp3) is 0.125. The fourth-order valence-electron chi connectivity index (χ4n) is 1.84. The summed E-state index contributed by atoms with van der Waals surface area (Å²) in [5.74, 6) is 0.579. The number of thioether (sulfide) groups is 1. The van der Waals surface area contributed by atoms with Crippen molar-refractivity contribution in [2.45, 2.75) is 17.9 Å². The van der Waals surface area contributed by atoms with Gasteiger partial charge < -0.3 is 4.42 Å². The first kappa shape index (κ1) is 13.8. The first-order valence-electron chi connectivity index (χ1n) is 6.49. The molecule has 2 aromatic carbocycles. The van der Waals surface area contributed by atoms with E-state index in [0.717, 1.165) is 5.75 Å². The minimum absolute atomic E-state index is 0.208. The van der Waals surface area contributed by atoms with Crippen molar-refractivity contribution in [3.63, 3.8) is 0 Å². The fourth-order valence-corrected chi connectivity index (χ4v) is 2.56. The zero-order chi connectivity index (χ0) is 14.7. The van der Waals surface area contributed by atoms with Crippen LogP contribution < -0.4 is 0 Å². The Bertz CT molecular complexity index is 740. The highest BCUT2D eigenvalue weighted by Crippen LogP contribution is 2.27. The molecule has 0 saturated heterocycles. The van der Waals surface area contributed by atoms with Crippen molar-refractivity contribution in [3.8, 4) is 11.5 Å². The Kier molecular flexibility index (Phi) is 4.01.